The average molecular weight is 350 g/mol. The summed E-state index contributed by atoms with van der Waals surface area (Å²) >= 11 is 7.56. The lowest BCUT2D eigenvalue weighted by Crippen LogP contribution is -2.41. The predicted octanol–water partition coefficient (Wildman–Crippen LogP) is 1.98. The van der Waals surface area contributed by atoms with Gasteiger partial charge in [-0.05, 0) is 6.07 Å². The third kappa shape index (κ3) is 2.58. The van der Waals surface area contributed by atoms with Crippen LogP contribution in [0.4, 0.5) is 0 Å². The lowest BCUT2D eigenvalue weighted by Gasteiger charge is -2.25. The fourth-order valence-corrected chi connectivity index (χ4v) is 3.56. The molecule has 9 heteroatoms. The fourth-order valence-electron chi connectivity index (χ4n) is 2.40. The highest BCUT2D eigenvalue weighted by atomic mass is 35.5. The topological polar surface area (TPSA) is 72.6 Å². The molecule has 4 rings (SSSR count). The van der Waals surface area contributed by atoms with E-state index >= 15 is 0 Å². The van der Waals surface area contributed by atoms with Crippen LogP contribution >= 0.6 is 22.9 Å². The van der Waals surface area contributed by atoms with Crippen LogP contribution in [-0.4, -0.2) is 56.9 Å². The summed E-state index contributed by atoms with van der Waals surface area (Å²) in [4.78, 5) is 14.8. The molecule has 0 spiro atoms. The van der Waals surface area contributed by atoms with Crippen molar-refractivity contribution < 1.29 is 9.53 Å². The van der Waals surface area contributed by atoms with E-state index in [0.29, 0.717) is 41.3 Å². The maximum absolute atomic E-state index is 12.6. The predicted molar refractivity (Wildman–Crippen MR) is 85.8 cm³/mol. The SMILES string of the molecule is O=C(c1nnc2sc(-c3ccccc3Cl)nn12)N1CCOCC1. The van der Waals surface area contributed by atoms with Gasteiger partial charge in [-0.1, -0.05) is 41.1 Å². The summed E-state index contributed by atoms with van der Waals surface area (Å²) in [6.45, 7) is 2.18. The van der Waals surface area contributed by atoms with E-state index in [2.05, 4.69) is 15.3 Å². The van der Waals surface area contributed by atoms with E-state index in [0.717, 1.165) is 5.56 Å². The van der Waals surface area contributed by atoms with Crippen molar-refractivity contribution in [2.75, 3.05) is 26.3 Å². The van der Waals surface area contributed by atoms with Crippen molar-refractivity contribution in [2.24, 2.45) is 0 Å². The zero-order chi connectivity index (χ0) is 15.8. The van der Waals surface area contributed by atoms with Crippen molar-refractivity contribution in [3.8, 4) is 10.6 Å². The molecule has 0 radical (unpaired) electrons. The number of amides is 1. The number of nitrogens with zero attached hydrogens (tertiary/aromatic N) is 5. The lowest BCUT2D eigenvalue weighted by atomic mass is 10.2. The van der Waals surface area contributed by atoms with Crippen molar-refractivity contribution in [3.05, 3.63) is 35.1 Å². The van der Waals surface area contributed by atoms with Gasteiger partial charge >= 0.3 is 0 Å². The molecule has 118 valence electrons. The molecule has 1 amide bonds. The summed E-state index contributed by atoms with van der Waals surface area (Å²) in [5.74, 6) is 0.0354. The first-order valence-corrected chi connectivity index (χ1v) is 8.27. The lowest BCUT2D eigenvalue weighted by molar-refractivity contribution is 0.0293. The van der Waals surface area contributed by atoms with Gasteiger partial charge in [0, 0.05) is 18.7 Å². The standard InChI is InChI=1S/C14H12ClN5O2S/c15-10-4-2-1-3-9(10)12-18-20-11(16-17-14(20)23-12)13(21)19-5-7-22-8-6-19/h1-4H,5-8H2. The second kappa shape index (κ2) is 5.88. The van der Waals surface area contributed by atoms with Crippen LogP contribution < -0.4 is 0 Å². The largest absolute Gasteiger partial charge is 0.378 e. The van der Waals surface area contributed by atoms with Gasteiger partial charge in [0.2, 0.25) is 10.8 Å². The Bertz CT molecular complexity index is 871. The number of hydrogen-bond donors (Lipinski definition) is 0. The molecule has 3 heterocycles. The van der Waals surface area contributed by atoms with Crippen LogP contribution in [0.2, 0.25) is 5.02 Å². The molecule has 7 nitrogen and oxygen atoms in total. The Morgan fingerprint density at radius 2 is 2.00 bits per heavy atom. The van der Waals surface area contributed by atoms with Gasteiger partial charge in [-0.25, -0.2) is 0 Å². The quantitative estimate of drug-likeness (QED) is 0.707. The second-order valence-corrected chi connectivity index (χ2v) is 6.37. The van der Waals surface area contributed by atoms with Crippen LogP contribution in [0.5, 0.6) is 0 Å². The third-order valence-electron chi connectivity index (χ3n) is 3.58. The normalized spacial score (nSPS) is 15.3. The molecule has 1 aromatic carbocycles. The minimum Gasteiger partial charge on any atom is -0.378 e. The van der Waals surface area contributed by atoms with Crippen LogP contribution in [0.1, 0.15) is 10.6 Å². The first-order chi connectivity index (χ1) is 11.2. The van der Waals surface area contributed by atoms with Crippen molar-refractivity contribution >= 4 is 33.8 Å². The second-order valence-electron chi connectivity index (χ2n) is 5.01. The van der Waals surface area contributed by atoms with Gasteiger partial charge in [-0.15, -0.1) is 10.2 Å². The summed E-state index contributed by atoms with van der Waals surface area (Å²) < 4.78 is 6.75. The molecule has 1 aliphatic heterocycles. The molecule has 23 heavy (non-hydrogen) atoms. The third-order valence-corrected chi connectivity index (χ3v) is 4.85. The summed E-state index contributed by atoms with van der Waals surface area (Å²) in [6, 6.07) is 7.44. The Labute approximate surface area is 140 Å². The number of rotatable bonds is 2. The molecular formula is C14H12ClN5O2S. The van der Waals surface area contributed by atoms with E-state index in [1.165, 1.54) is 15.9 Å². The van der Waals surface area contributed by atoms with Crippen LogP contribution in [-0.2, 0) is 4.74 Å². The molecule has 0 unspecified atom stereocenters. The van der Waals surface area contributed by atoms with Crippen LogP contribution in [0.25, 0.3) is 15.5 Å². The number of aromatic nitrogens is 4. The van der Waals surface area contributed by atoms with Crippen molar-refractivity contribution in [2.45, 2.75) is 0 Å². The Morgan fingerprint density at radius 3 is 2.78 bits per heavy atom. The van der Waals surface area contributed by atoms with Crippen LogP contribution in [0.15, 0.2) is 24.3 Å². The smallest absolute Gasteiger partial charge is 0.293 e. The molecule has 3 aromatic rings. The summed E-state index contributed by atoms with van der Waals surface area (Å²) in [5, 5.41) is 13.8. The highest BCUT2D eigenvalue weighted by Gasteiger charge is 2.25. The van der Waals surface area contributed by atoms with Crippen LogP contribution in [0.3, 0.4) is 0 Å². The molecule has 2 aromatic heterocycles. The molecule has 0 aliphatic carbocycles. The number of benzene rings is 1. The summed E-state index contributed by atoms with van der Waals surface area (Å²) in [5.41, 5.74) is 0.814. The molecule has 0 saturated carbocycles. The molecule has 0 atom stereocenters. The Hall–Kier alpha value is -2.03. The van der Waals surface area contributed by atoms with Gasteiger partial charge in [0.25, 0.3) is 5.91 Å². The van der Waals surface area contributed by atoms with Crippen molar-refractivity contribution in [3.63, 3.8) is 0 Å². The maximum atomic E-state index is 12.6. The van der Waals surface area contributed by atoms with E-state index in [1.54, 1.807) is 11.0 Å². The van der Waals surface area contributed by atoms with Gasteiger partial charge < -0.3 is 9.64 Å². The Morgan fingerprint density at radius 1 is 1.22 bits per heavy atom. The maximum Gasteiger partial charge on any atom is 0.293 e. The van der Waals surface area contributed by atoms with Gasteiger partial charge in [0.1, 0.15) is 5.01 Å². The zero-order valence-electron chi connectivity index (χ0n) is 12.0. The number of halogens is 1. The summed E-state index contributed by atoms with van der Waals surface area (Å²) in [6.07, 6.45) is 0. The number of fused-ring (bicyclic) bond motifs is 1. The zero-order valence-corrected chi connectivity index (χ0v) is 13.5. The highest BCUT2D eigenvalue weighted by Crippen LogP contribution is 2.31. The molecule has 1 saturated heterocycles. The number of carbonyl (C=O) groups is 1. The first kappa shape index (κ1) is 14.6. The van der Waals surface area contributed by atoms with Gasteiger partial charge in [0.05, 0.1) is 18.2 Å². The molecule has 0 N–H and O–H groups in total. The van der Waals surface area contributed by atoms with Crippen molar-refractivity contribution in [1.82, 2.24) is 24.7 Å². The fraction of sp³-hybridized carbons (Fsp3) is 0.286. The average Bonchev–Trinajstić information content (AvgIpc) is 3.16. The van der Waals surface area contributed by atoms with E-state index in [-0.39, 0.29) is 11.7 Å². The first-order valence-electron chi connectivity index (χ1n) is 7.08. The van der Waals surface area contributed by atoms with E-state index < -0.39 is 0 Å². The Kier molecular flexibility index (Phi) is 3.72. The molecular weight excluding hydrogens is 338 g/mol. The molecule has 1 aliphatic rings. The van der Waals surface area contributed by atoms with E-state index in [9.17, 15) is 4.79 Å². The van der Waals surface area contributed by atoms with Crippen molar-refractivity contribution in [1.29, 1.82) is 0 Å². The number of carbonyl (C=O) groups excluding carboxylic acids is 1. The molecule has 0 bridgehead atoms. The number of hydrogen-bond acceptors (Lipinski definition) is 6. The van der Waals surface area contributed by atoms with E-state index in [1.807, 2.05) is 18.2 Å². The summed E-state index contributed by atoms with van der Waals surface area (Å²) in [7, 11) is 0. The minimum atomic E-state index is -0.184. The van der Waals surface area contributed by atoms with Gasteiger partial charge in [-0.2, -0.15) is 9.61 Å². The number of ether oxygens (including phenoxy) is 1. The van der Waals surface area contributed by atoms with E-state index in [4.69, 9.17) is 16.3 Å². The molecule has 1 fully saturated rings. The van der Waals surface area contributed by atoms with Crippen LogP contribution in [0, 0.1) is 0 Å². The number of morpholine rings is 1. The van der Waals surface area contributed by atoms with Gasteiger partial charge in [-0.3, -0.25) is 4.79 Å². The van der Waals surface area contributed by atoms with Gasteiger partial charge in [0.15, 0.2) is 0 Å². The monoisotopic (exact) mass is 349 g/mol. The highest BCUT2D eigenvalue weighted by molar-refractivity contribution is 7.19. The Balaban J connectivity index is 1.72. The minimum absolute atomic E-state index is 0.184.